The number of hydrogen-bond acceptors (Lipinski definition) is 1. The van der Waals surface area contributed by atoms with E-state index in [9.17, 15) is 0 Å². The molecule has 8 heavy (non-hydrogen) atoms. The number of hydrogen-bond donors (Lipinski definition) is 3. The Balaban J connectivity index is 3.70. The zero-order valence-corrected chi connectivity index (χ0v) is 5.40. The van der Waals surface area contributed by atoms with E-state index in [2.05, 4.69) is 4.99 Å². The number of guanidine groups is 1. The minimum atomic E-state index is -0.00292. The minimum Gasteiger partial charge on any atom is -0.348 e. The fourth-order valence-corrected chi connectivity index (χ4v) is 0.370. The second-order valence-corrected chi connectivity index (χ2v) is 1.91. The highest BCUT2D eigenvalue weighted by atomic mass is 32.2. The van der Waals surface area contributed by atoms with Crippen molar-refractivity contribution in [3.63, 3.8) is 0 Å². The topological polar surface area (TPSA) is 90.0 Å². The lowest BCUT2D eigenvalue weighted by Gasteiger charge is -1.78. The molecule has 0 rings (SSSR count). The highest BCUT2D eigenvalue weighted by Crippen LogP contribution is 1.89. The van der Waals surface area contributed by atoms with Crippen molar-refractivity contribution in [2.75, 3.05) is 6.26 Å². The summed E-state index contributed by atoms with van der Waals surface area (Å²) in [5.41, 5.74) is 9.96. The van der Waals surface area contributed by atoms with Gasteiger partial charge in [-0.15, -0.1) is 0 Å². The molecule has 0 unspecified atom stereocenters. The molecule has 0 aliphatic carbocycles. The van der Waals surface area contributed by atoms with Gasteiger partial charge in [0.1, 0.15) is 0 Å². The van der Waals surface area contributed by atoms with Gasteiger partial charge in [0.25, 0.3) is 0 Å². The molecular formula is C3H9N4S+. The summed E-state index contributed by atoms with van der Waals surface area (Å²) in [5, 5.41) is 5.59. The van der Waals surface area contributed by atoms with E-state index in [0.29, 0.717) is 5.17 Å². The first-order valence-corrected chi connectivity index (χ1v) is 3.15. The average molecular weight is 133 g/mol. The van der Waals surface area contributed by atoms with E-state index < -0.39 is 0 Å². The number of nitrogens with zero attached hydrogens (tertiary/aromatic N) is 1. The molecule has 0 aromatic heterocycles. The molecule has 0 heterocycles. The summed E-state index contributed by atoms with van der Waals surface area (Å²) < 4.78 is 0. The lowest BCUT2D eigenvalue weighted by atomic mass is 11.0. The zero-order chi connectivity index (χ0) is 6.57. The predicted molar refractivity (Wildman–Crippen MR) is 36.3 cm³/mol. The largest absolute Gasteiger partial charge is 0.354 e. The lowest BCUT2D eigenvalue weighted by Crippen LogP contribution is -2.38. The van der Waals surface area contributed by atoms with Crippen LogP contribution in [0.25, 0.3) is 0 Å². The molecule has 6 N–H and O–H groups in total. The van der Waals surface area contributed by atoms with Crippen LogP contribution in [0.1, 0.15) is 0 Å². The summed E-state index contributed by atoms with van der Waals surface area (Å²) in [4.78, 5) is 3.53. The van der Waals surface area contributed by atoms with E-state index in [4.69, 9.17) is 16.9 Å². The molecule has 0 bridgehead atoms. The summed E-state index contributed by atoms with van der Waals surface area (Å²) >= 11 is 1.30. The normalized spacial score (nSPS) is 8.12. The number of aliphatic imine (C=N–C) groups is 1. The maximum absolute atomic E-state index is 5.21. The lowest BCUT2D eigenvalue weighted by molar-refractivity contribution is -0.109. The molecule has 0 aliphatic rings. The van der Waals surface area contributed by atoms with E-state index in [0.717, 1.165) is 0 Å². The van der Waals surface area contributed by atoms with Gasteiger partial charge in [0.05, 0.1) is 0 Å². The fraction of sp³-hybridized carbons (Fsp3) is 0.333. The second kappa shape index (κ2) is 3.31. The van der Waals surface area contributed by atoms with Gasteiger partial charge in [0.15, 0.2) is 0 Å². The maximum atomic E-state index is 5.21. The van der Waals surface area contributed by atoms with Crippen molar-refractivity contribution in [1.82, 2.24) is 0 Å². The molecule has 0 amide bonds. The number of amidine groups is 1. The Morgan fingerprint density at radius 3 is 2.25 bits per heavy atom. The van der Waals surface area contributed by atoms with Crippen LogP contribution < -0.4 is 16.9 Å². The van der Waals surface area contributed by atoms with Crippen LogP contribution in [-0.4, -0.2) is 17.4 Å². The Kier molecular flexibility index (Phi) is 3.02. The minimum absolute atomic E-state index is 0.00292. The van der Waals surface area contributed by atoms with Crippen LogP contribution in [0.3, 0.4) is 0 Å². The van der Waals surface area contributed by atoms with E-state index in [-0.39, 0.29) is 5.96 Å². The van der Waals surface area contributed by atoms with E-state index in [1.807, 2.05) is 0 Å². The molecular weight excluding hydrogens is 124 g/mol. The maximum Gasteiger partial charge on any atom is 0.354 e. The van der Waals surface area contributed by atoms with E-state index in [1.54, 1.807) is 6.26 Å². The van der Waals surface area contributed by atoms with Crippen molar-refractivity contribution >= 4 is 22.9 Å². The summed E-state index contributed by atoms with van der Waals surface area (Å²) in [7, 11) is 0. The first kappa shape index (κ1) is 7.29. The van der Waals surface area contributed by atoms with Gasteiger partial charge >= 0.3 is 11.1 Å². The van der Waals surface area contributed by atoms with Crippen molar-refractivity contribution < 1.29 is 5.41 Å². The summed E-state index contributed by atoms with van der Waals surface area (Å²) in [5.74, 6) is -0.00292. The van der Waals surface area contributed by atoms with Crippen LogP contribution in [0.2, 0.25) is 0 Å². The molecule has 0 fully saturated rings. The number of thioether (sulfide) groups is 1. The van der Waals surface area contributed by atoms with Gasteiger partial charge in [0, 0.05) is 4.99 Å². The molecule has 0 aromatic rings. The van der Waals surface area contributed by atoms with Crippen LogP contribution in [-0.2, 0) is 0 Å². The van der Waals surface area contributed by atoms with Gasteiger partial charge in [-0.05, 0) is 18.0 Å². The number of nitrogens with two attached hydrogens (primary N) is 3. The van der Waals surface area contributed by atoms with Crippen LogP contribution in [0.5, 0.6) is 0 Å². The zero-order valence-electron chi connectivity index (χ0n) is 4.59. The van der Waals surface area contributed by atoms with Crippen molar-refractivity contribution in [2.45, 2.75) is 0 Å². The molecule has 0 atom stereocenters. The molecule has 4 nitrogen and oxygen atoms in total. The Hall–Kier alpha value is -0.710. The van der Waals surface area contributed by atoms with Gasteiger partial charge in [-0.1, -0.05) is 0 Å². The van der Waals surface area contributed by atoms with Crippen LogP contribution in [0.15, 0.2) is 4.99 Å². The third-order valence-corrected chi connectivity index (χ3v) is 0.958. The number of rotatable bonds is 0. The average Bonchev–Trinajstić information content (AvgIpc) is 1.65. The van der Waals surface area contributed by atoms with Crippen LogP contribution in [0.4, 0.5) is 0 Å². The first-order valence-electron chi connectivity index (χ1n) is 1.93. The highest BCUT2D eigenvalue weighted by Gasteiger charge is 1.98. The van der Waals surface area contributed by atoms with Gasteiger partial charge in [0.2, 0.25) is 0 Å². The van der Waals surface area contributed by atoms with E-state index in [1.165, 1.54) is 11.8 Å². The summed E-state index contributed by atoms with van der Waals surface area (Å²) in [6, 6.07) is 0. The quantitative estimate of drug-likeness (QED) is 0.257. The summed E-state index contributed by atoms with van der Waals surface area (Å²) in [6.07, 6.45) is 1.79. The molecule has 0 aromatic carbocycles. The van der Waals surface area contributed by atoms with Crippen molar-refractivity contribution in [3.05, 3.63) is 0 Å². The van der Waals surface area contributed by atoms with Gasteiger partial charge < -0.3 is 11.5 Å². The Morgan fingerprint density at radius 2 is 2.12 bits per heavy atom. The van der Waals surface area contributed by atoms with Crippen LogP contribution in [0, 0.1) is 0 Å². The monoisotopic (exact) mass is 133 g/mol. The third-order valence-electron chi connectivity index (χ3n) is 0.448. The molecule has 0 radical (unpaired) electrons. The second-order valence-electron chi connectivity index (χ2n) is 1.08. The predicted octanol–water partition coefficient (Wildman–Crippen LogP) is -2.26. The smallest absolute Gasteiger partial charge is 0.348 e. The molecule has 0 spiro atoms. The van der Waals surface area contributed by atoms with Gasteiger partial charge in [-0.25, -0.2) is 0 Å². The standard InChI is InChI=1S/C3H8N4S/c1-8-3(6)7-2(4)5/h1H3,(H5,4,5,6,7)/p+1. The van der Waals surface area contributed by atoms with Crippen molar-refractivity contribution in [2.24, 2.45) is 16.5 Å². The molecule has 0 saturated heterocycles. The Labute approximate surface area is 51.9 Å². The Morgan fingerprint density at radius 1 is 1.62 bits per heavy atom. The highest BCUT2D eigenvalue weighted by molar-refractivity contribution is 8.13. The molecule has 0 saturated carbocycles. The Bertz CT molecular complexity index is 114. The van der Waals surface area contributed by atoms with Gasteiger partial charge in [-0.3, -0.25) is 5.41 Å². The van der Waals surface area contributed by atoms with Gasteiger partial charge in [-0.2, -0.15) is 0 Å². The third kappa shape index (κ3) is 3.48. The summed E-state index contributed by atoms with van der Waals surface area (Å²) in [6.45, 7) is 0. The molecule has 5 heteroatoms. The molecule has 46 valence electrons. The van der Waals surface area contributed by atoms with E-state index >= 15 is 0 Å². The van der Waals surface area contributed by atoms with Crippen molar-refractivity contribution in [1.29, 1.82) is 0 Å². The SMILES string of the molecule is CSC(=[NH2+])N=C(N)N. The van der Waals surface area contributed by atoms with Crippen LogP contribution >= 0.6 is 11.8 Å². The first-order chi connectivity index (χ1) is 3.66. The fourth-order valence-electron chi connectivity index (χ4n) is 0.173. The van der Waals surface area contributed by atoms with Crippen molar-refractivity contribution in [3.8, 4) is 0 Å². The molecule has 0 aliphatic heterocycles.